The van der Waals surface area contributed by atoms with Crippen molar-refractivity contribution in [3.8, 4) is 0 Å². The molecule has 0 spiro atoms. The second kappa shape index (κ2) is 5.86. The van der Waals surface area contributed by atoms with Crippen LogP contribution in [-0.4, -0.2) is 39.6 Å². The Hall–Kier alpha value is -1.85. The highest BCUT2D eigenvalue weighted by molar-refractivity contribution is 5.91. The van der Waals surface area contributed by atoms with Gasteiger partial charge in [0, 0.05) is 25.1 Å². The van der Waals surface area contributed by atoms with Crippen LogP contribution < -0.4 is 0 Å². The molecule has 1 fully saturated rings. The van der Waals surface area contributed by atoms with E-state index in [1.165, 1.54) is 0 Å². The van der Waals surface area contributed by atoms with E-state index in [1.54, 1.807) is 17.9 Å². The zero-order valence-corrected chi connectivity index (χ0v) is 11.0. The largest absolute Gasteiger partial charge is 0.481 e. The molecule has 1 aromatic heterocycles. The Bertz CT molecular complexity index is 469. The Balaban J connectivity index is 2.06. The lowest BCUT2D eigenvalue weighted by atomic mass is 9.97. The van der Waals surface area contributed by atoms with Crippen LogP contribution in [0.1, 0.15) is 48.4 Å². The van der Waals surface area contributed by atoms with Crippen LogP contribution in [0.15, 0.2) is 10.6 Å². The van der Waals surface area contributed by atoms with E-state index in [1.807, 2.05) is 0 Å². The van der Waals surface area contributed by atoms with Crippen molar-refractivity contribution in [3.05, 3.63) is 17.5 Å². The fraction of sp³-hybridized carbons (Fsp3) is 0.615. The molecule has 1 amide bonds. The molecule has 1 saturated heterocycles. The molecule has 1 atom stereocenters. The van der Waals surface area contributed by atoms with Crippen molar-refractivity contribution in [3.63, 3.8) is 0 Å². The first-order valence-electron chi connectivity index (χ1n) is 6.54. The zero-order chi connectivity index (χ0) is 13.8. The summed E-state index contributed by atoms with van der Waals surface area (Å²) >= 11 is 0. The van der Waals surface area contributed by atoms with Gasteiger partial charge in [-0.15, -0.1) is 0 Å². The van der Waals surface area contributed by atoms with Crippen LogP contribution >= 0.6 is 0 Å². The predicted molar refractivity (Wildman–Crippen MR) is 66.8 cm³/mol. The lowest BCUT2D eigenvalue weighted by Gasteiger charge is -2.34. The van der Waals surface area contributed by atoms with Gasteiger partial charge >= 0.3 is 5.97 Å². The van der Waals surface area contributed by atoms with Crippen LogP contribution in [0.5, 0.6) is 0 Å². The van der Waals surface area contributed by atoms with Gasteiger partial charge < -0.3 is 14.5 Å². The lowest BCUT2D eigenvalue weighted by Crippen LogP contribution is -2.43. The number of nitrogens with zero attached hydrogens (tertiary/aromatic N) is 2. The summed E-state index contributed by atoms with van der Waals surface area (Å²) in [7, 11) is 0. The number of hydrogen-bond acceptors (Lipinski definition) is 4. The van der Waals surface area contributed by atoms with Crippen LogP contribution in [0.3, 0.4) is 0 Å². The summed E-state index contributed by atoms with van der Waals surface area (Å²) in [5.41, 5.74) is 0.669. The van der Waals surface area contributed by atoms with E-state index in [2.05, 4.69) is 5.16 Å². The number of carbonyl (C=O) groups is 2. The molecule has 0 aliphatic carbocycles. The number of aliphatic carboxylic acids is 1. The van der Waals surface area contributed by atoms with Crippen LogP contribution in [0.25, 0.3) is 0 Å². The molecule has 1 N–H and O–H groups in total. The van der Waals surface area contributed by atoms with E-state index >= 15 is 0 Å². The number of rotatable bonds is 4. The third kappa shape index (κ3) is 3.33. The van der Waals surface area contributed by atoms with E-state index in [9.17, 15) is 9.59 Å². The normalized spacial score (nSPS) is 19.4. The molecule has 6 nitrogen and oxygen atoms in total. The maximum atomic E-state index is 12.3. The minimum Gasteiger partial charge on any atom is -0.481 e. The smallest absolute Gasteiger partial charge is 0.303 e. The van der Waals surface area contributed by atoms with Crippen molar-refractivity contribution in [1.82, 2.24) is 10.1 Å². The standard InChI is InChI=1S/C13H18N2O4/c1-9-8-11(19-14-9)13(18)15-7-3-2-4-10(15)5-6-12(16)17/h8,10H,2-7H2,1H3,(H,16,17)/t10-/m1/s1. The molecule has 0 radical (unpaired) electrons. The van der Waals surface area contributed by atoms with Crippen molar-refractivity contribution in [1.29, 1.82) is 0 Å². The summed E-state index contributed by atoms with van der Waals surface area (Å²) in [6.07, 6.45) is 3.41. The summed E-state index contributed by atoms with van der Waals surface area (Å²) in [6, 6.07) is 1.60. The van der Waals surface area contributed by atoms with Gasteiger partial charge in [0.25, 0.3) is 5.91 Å². The average molecular weight is 266 g/mol. The molecular weight excluding hydrogens is 248 g/mol. The monoisotopic (exact) mass is 266 g/mol. The topological polar surface area (TPSA) is 83.6 Å². The maximum absolute atomic E-state index is 12.3. The van der Waals surface area contributed by atoms with Gasteiger partial charge in [-0.3, -0.25) is 9.59 Å². The van der Waals surface area contributed by atoms with Gasteiger partial charge in [0.1, 0.15) is 0 Å². The summed E-state index contributed by atoms with van der Waals surface area (Å²) in [5.74, 6) is -0.774. The third-order valence-electron chi connectivity index (χ3n) is 3.42. The number of carboxylic acids is 1. The molecule has 1 aliphatic rings. The quantitative estimate of drug-likeness (QED) is 0.899. The fourth-order valence-electron chi connectivity index (χ4n) is 2.46. The van der Waals surface area contributed by atoms with Crippen LogP contribution in [0, 0.1) is 6.92 Å². The van der Waals surface area contributed by atoms with E-state index < -0.39 is 5.97 Å². The van der Waals surface area contributed by atoms with Crippen molar-refractivity contribution >= 4 is 11.9 Å². The Labute approximate surface area is 111 Å². The Kier molecular flexibility index (Phi) is 4.19. The van der Waals surface area contributed by atoms with Gasteiger partial charge in [-0.2, -0.15) is 0 Å². The number of amides is 1. The van der Waals surface area contributed by atoms with Gasteiger partial charge in [-0.1, -0.05) is 5.16 Å². The molecule has 2 heterocycles. The molecular formula is C13H18N2O4. The highest BCUT2D eigenvalue weighted by atomic mass is 16.5. The summed E-state index contributed by atoms with van der Waals surface area (Å²) in [4.78, 5) is 24.7. The van der Waals surface area contributed by atoms with Gasteiger partial charge in [-0.05, 0) is 32.6 Å². The van der Waals surface area contributed by atoms with Crippen molar-refractivity contribution in [2.45, 2.75) is 45.1 Å². The minimum atomic E-state index is -0.825. The summed E-state index contributed by atoms with van der Waals surface area (Å²) in [5, 5.41) is 12.5. The Morgan fingerprint density at radius 3 is 2.95 bits per heavy atom. The van der Waals surface area contributed by atoms with Crippen LogP contribution in [0.4, 0.5) is 0 Å². The fourth-order valence-corrected chi connectivity index (χ4v) is 2.46. The molecule has 0 saturated carbocycles. The minimum absolute atomic E-state index is 0.0113. The second-order valence-corrected chi connectivity index (χ2v) is 4.91. The van der Waals surface area contributed by atoms with Gasteiger partial charge in [-0.25, -0.2) is 0 Å². The molecule has 1 aliphatic heterocycles. The first-order valence-corrected chi connectivity index (χ1v) is 6.54. The Morgan fingerprint density at radius 1 is 1.53 bits per heavy atom. The highest BCUT2D eigenvalue weighted by Crippen LogP contribution is 2.23. The van der Waals surface area contributed by atoms with Gasteiger partial charge in [0.05, 0.1) is 5.69 Å². The Morgan fingerprint density at radius 2 is 2.32 bits per heavy atom. The second-order valence-electron chi connectivity index (χ2n) is 4.91. The number of carbonyl (C=O) groups excluding carboxylic acids is 1. The van der Waals surface area contributed by atoms with Gasteiger partial charge in [0.15, 0.2) is 0 Å². The van der Waals surface area contributed by atoms with Crippen LogP contribution in [-0.2, 0) is 4.79 Å². The average Bonchev–Trinajstić information content (AvgIpc) is 2.82. The molecule has 6 heteroatoms. The molecule has 0 unspecified atom stereocenters. The highest BCUT2D eigenvalue weighted by Gasteiger charge is 2.29. The molecule has 0 bridgehead atoms. The molecule has 19 heavy (non-hydrogen) atoms. The lowest BCUT2D eigenvalue weighted by molar-refractivity contribution is -0.137. The number of carboxylic acid groups (broad SMARTS) is 1. The van der Waals surface area contributed by atoms with Crippen LogP contribution in [0.2, 0.25) is 0 Å². The number of hydrogen-bond donors (Lipinski definition) is 1. The molecule has 1 aromatic rings. The predicted octanol–water partition coefficient (Wildman–Crippen LogP) is 1.84. The SMILES string of the molecule is Cc1cc(C(=O)N2CCCC[C@@H]2CCC(=O)O)on1. The number of aromatic nitrogens is 1. The van der Waals surface area contributed by atoms with Crippen molar-refractivity contribution in [2.75, 3.05) is 6.54 Å². The van der Waals surface area contributed by atoms with E-state index in [0.29, 0.717) is 18.7 Å². The first-order chi connectivity index (χ1) is 9.08. The van der Waals surface area contributed by atoms with E-state index in [4.69, 9.17) is 9.63 Å². The maximum Gasteiger partial charge on any atom is 0.303 e. The van der Waals surface area contributed by atoms with Gasteiger partial charge in [0.2, 0.25) is 5.76 Å². The van der Waals surface area contributed by atoms with E-state index in [-0.39, 0.29) is 24.1 Å². The van der Waals surface area contributed by atoms with Crippen molar-refractivity contribution in [2.24, 2.45) is 0 Å². The first kappa shape index (κ1) is 13.6. The molecule has 0 aromatic carbocycles. The number of aryl methyl sites for hydroxylation is 1. The molecule has 2 rings (SSSR count). The number of piperidine rings is 1. The van der Waals surface area contributed by atoms with E-state index in [0.717, 1.165) is 19.3 Å². The number of likely N-dealkylation sites (tertiary alicyclic amines) is 1. The summed E-state index contributed by atoms with van der Waals surface area (Å²) < 4.78 is 5.00. The summed E-state index contributed by atoms with van der Waals surface area (Å²) in [6.45, 7) is 2.42. The molecule has 104 valence electrons. The third-order valence-corrected chi connectivity index (χ3v) is 3.42. The zero-order valence-electron chi connectivity index (χ0n) is 11.0. The van der Waals surface area contributed by atoms with Crippen molar-refractivity contribution < 1.29 is 19.2 Å².